The van der Waals surface area contributed by atoms with E-state index in [2.05, 4.69) is 15.3 Å². The average Bonchev–Trinajstić information content (AvgIpc) is 2.28. The van der Waals surface area contributed by atoms with Crippen LogP contribution < -0.4 is 10.1 Å². The third-order valence-electron chi connectivity index (χ3n) is 2.95. The second-order valence-corrected chi connectivity index (χ2v) is 4.35. The number of hydrogen-bond donors (Lipinski definition) is 1. The molecule has 1 aromatic rings. The minimum absolute atomic E-state index is 0.0136. The van der Waals surface area contributed by atoms with Crippen molar-refractivity contribution in [1.29, 1.82) is 0 Å². The summed E-state index contributed by atoms with van der Waals surface area (Å²) in [5.74, 6) is 1.09. The van der Waals surface area contributed by atoms with Gasteiger partial charge in [-0.3, -0.25) is 4.79 Å². The summed E-state index contributed by atoms with van der Waals surface area (Å²) in [5.41, 5.74) is 0. The molecule has 1 saturated carbocycles. The number of halogens is 1. The molecule has 2 aliphatic rings. The highest BCUT2D eigenvalue weighted by molar-refractivity contribution is 6.31. The fourth-order valence-corrected chi connectivity index (χ4v) is 2.35. The van der Waals surface area contributed by atoms with Crippen molar-refractivity contribution in [3.05, 3.63) is 11.5 Å². The molecule has 1 aliphatic heterocycles. The lowest BCUT2D eigenvalue weighted by Crippen LogP contribution is -2.49. The van der Waals surface area contributed by atoms with E-state index < -0.39 is 6.10 Å². The number of Topliss-reactive ketones (excluding diaryl/α,β-unsaturated/α-hetero) is 1. The van der Waals surface area contributed by atoms with Gasteiger partial charge in [0.05, 0.1) is 6.04 Å². The number of nitrogens with zero attached hydrogens (tertiary/aromatic N) is 2. The number of carbonyl (C=O) groups excluding carboxylic acids is 1. The van der Waals surface area contributed by atoms with Crippen LogP contribution in [0.2, 0.25) is 5.15 Å². The molecule has 0 bridgehead atoms. The Bertz CT molecular complexity index is 452. The van der Waals surface area contributed by atoms with E-state index in [1.165, 1.54) is 6.33 Å². The van der Waals surface area contributed by atoms with Gasteiger partial charge < -0.3 is 10.1 Å². The standard InChI is InChI=1S/C10H10ClN3O2/c11-9-8-10(13-4-12-9)14-5-2-1-3-6(15)7(5)16-8/h4-5,7H,1-3H2,(H,12,13,14)/t5-,7+/m1/s1. The maximum absolute atomic E-state index is 11.7. The summed E-state index contributed by atoms with van der Waals surface area (Å²) in [5, 5.41) is 3.43. The largest absolute Gasteiger partial charge is 0.473 e. The lowest BCUT2D eigenvalue weighted by molar-refractivity contribution is -0.128. The van der Waals surface area contributed by atoms with Gasteiger partial charge in [-0.15, -0.1) is 0 Å². The molecule has 1 N–H and O–H groups in total. The number of nitrogens with one attached hydrogen (secondary N) is 1. The summed E-state index contributed by atoms with van der Waals surface area (Å²) in [7, 11) is 0. The zero-order valence-electron chi connectivity index (χ0n) is 8.44. The molecule has 0 amide bonds. The SMILES string of the molecule is O=C1CCC[C@H]2Nc3ncnc(Cl)c3O[C@H]12. The van der Waals surface area contributed by atoms with Crippen LogP contribution in [-0.2, 0) is 4.79 Å². The Labute approximate surface area is 97.2 Å². The first-order valence-corrected chi connectivity index (χ1v) is 5.60. The van der Waals surface area contributed by atoms with Crippen molar-refractivity contribution in [1.82, 2.24) is 9.97 Å². The van der Waals surface area contributed by atoms with Gasteiger partial charge in [0.15, 0.2) is 28.6 Å². The van der Waals surface area contributed by atoms with Crippen molar-refractivity contribution in [3.8, 4) is 5.75 Å². The molecule has 16 heavy (non-hydrogen) atoms. The highest BCUT2D eigenvalue weighted by Gasteiger charge is 2.38. The zero-order valence-corrected chi connectivity index (χ0v) is 9.20. The van der Waals surface area contributed by atoms with Gasteiger partial charge in [0.25, 0.3) is 0 Å². The second kappa shape index (κ2) is 3.59. The molecule has 5 nitrogen and oxygen atoms in total. The Hall–Kier alpha value is -1.36. The van der Waals surface area contributed by atoms with Crippen molar-refractivity contribution in [2.45, 2.75) is 31.4 Å². The van der Waals surface area contributed by atoms with Crippen LogP contribution in [0.4, 0.5) is 5.82 Å². The number of carbonyl (C=O) groups is 1. The van der Waals surface area contributed by atoms with Crippen LogP contribution in [0.15, 0.2) is 6.33 Å². The molecular formula is C10H10ClN3O2. The molecule has 0 saturated heterocycles. The Morgan fingerprint density at radius 2 is 2.38 bits per heavy atom. The van der Waals surface area contributed by atoms with E-state index in [1.807, 2.05) is 0 Å². The minimum atomic E-state index is -0.440. The van der Waals surface area contributed by atoms with Crippen LogP contribution >= 0.6 is 11.6 Å². The smallest absolute Gasteiger partial charge is 0.200 e. The summed E-state index contributed by atoms with van der Waals surface area (Å²) in [6.45, 7) is 0. The van der Waals surface area contributed by atoms with Gasteiger partial charge >= 0.3 is 0 Å². The first-order valence-electron chi connectivity index (χ1n) is 5.22. The zero-order chi connectivity index (χ0) is 11.1. The molecule has 6 heteroatoms. The minimum Gasteiger partial charge on any atom is -0.473 e. The molecule has 0 aromatic carbocycles. The van der Waals surface area contributed by atoms with E-state index in [0.29, 0.717) is 18.0 Å². The summed E-state index contributed by atoms with van der Waals surface area (Å²) < 4.78 is 5.61. The first-order chi connectivity index (χ1) is 7.75. The van der Waals surface area contributed by atoms with Gasteiger partial charge in [-0.1, -0.05) is 11.6 Å². The number of fused-ring (bicyclic) bond motifs is 2. The van der Waals surface area contributed by atoms with E-state index in [9.17, 15) is 4.79 Å². The van der Waals surface area contributed by atoms with Gasteiger partial charge in [0.2, 0.25) is 0 Å². The molecular weight excluding hydrogens is 230 g/mol. The van der Waals surface area contributed by atoms with Crippen molar-refractivity contribution in [2.24, 2.45) is 0 Å². The second-order valence-electron chi connectivity index (χ2n) is 3.99. The van der Waals surface area contributed by atoms with Crippen molar-refractivity contribution in [3.63, 3.8) is 0 Å². The van der Waals surface area contributed by atoms with Crippen LogP contribution in [0.3, 0.4) is 0 Å². The van der Waals surface area contributed by atoms with E-state index in [1.54, 1.807) is 0 Å². The van der Waals surface area contributed by atoms with E-state index in [4.69, 9.17) is 16.3 Å². The molecule has 1 fully saturated rings. The summed E-state index contributed by atoms with van der Waals surface area (Å²) >= 11 is 5.89. The molecule has 3 rings (SSSR count). The van der Waals surface area contributed by atoms with E-state index in [-0.39, 0.29) is 17.0 Å². The highest BCUT2D eigenvalue weighted by atomic mass is 35.5. The Balaban J connectivity index is 1.99. The molecule has 2 heterocycles. The van der Waals surface area contributed by atoms with Crippen LogP contribution in [0.5, 0.6) is 5.75 Å². The fourth-order valence-electron chi connectivity index (χ4n) is 2.17. The topological polar surface area (TPSA) is 64.1 Å². The van der Waals surface area contributed by atoms with Gasteiger partial charge in [0, 0.05) is 6.42 Å². The number of ketones is 1. The molecule has 1 aliphatic carbocycles. The number of hydrogen-bond acceptors (Lipinski definition) is 5. The molecule has 0 unspecified atom stereocenters. The van der Waals surface area contributed by atoms with Gasteiger partial charge in [-0.05, 0) is 12.8 Å². The molecule has 0 spiro atoms. The number of ether oxygens (including phenoxy) is 1. The lowest BCUT2D eigenvalue weighted by atomic mass is 9.90. The Morgan fingerprint density at radius 3 is 3.25 bits per heavy atom. The van der Waals surface area contributed by atoms with E-state index >= 15 is 0 Å². The van der Waals surface area contributed by atoms with Gasteiger partial charge in [-0.25, -0.2) is 9.97 Å². The van der Waals surface area contributed by atoms with E-state index in [0.717, 1.165) is 12.8 Å². The number of aromatic nitrogens is 2. The van der Waals surface area contributed by atoms with Gasteiger partial charge in [-0.2, -0.15) is 0 Å². The summed E-state index contributed by atoms with van der Waals surface area (Å²) in [4.78, 5) is 19.6. The monoisotopic (exact) mass is 239 g/mol. The Kier molecular flexibility index (Phi) is 2.21. The maximum atomic E-state index is 11.7. The summed E-state index contributed by atoms with van der Waals surface area (Å²) in [6.07, 6.45) is 3.32. The van der Waals surface area contributed by atoms with Crippen molar-refractivity contribution < 1.29 is 9.53 Å². The normalized spacial score (nSPS) is 27.4. The third-order valence-corrected chi connectivity index (χ3v) is 3.22. The molecule has 2 atom stereocenters. The van der Waals surface area contributed by atoms with Crippen molar-refractivity contribution in [2.75, 3.05) is 5.32 Å². The Morgan fingerprint density at radius 1 is 1.50 bits per heavy atom. The number of rotatable bonds is 0. The van der Waals surface area contributed by atoms with Crippen LogP contribution in [-0.4, -0.2) is 27.9 Å². The highest BCUT2D eigenvalue weighted by Crippen LogP contribution is 2.37. The molecule has 84 valence electrons. The quantitative estimate of drug-likeness (QED) is 0.694. The predicted molar refractivity (Wildman–Crippen MR) is 57.7 cm³/mol. The molecule has 1 aromatic heterocycles. The molecule has 0 radical (unpaired) electrons. The average molecular weight is 240 g/mol. The summed E-state index contributed by atoms with van der Waals surface area (Å²) in [6, 6.07) is 0.0136. The predicted octanol–water partition coefficient (Wildman–Crippen LogP) is 1.42. The lowest BCUT2D eigenvalue weighted by Gasteiger charge is -2.36. The van der Waals surface area contributed by atoms with Crippen LogP contribution in [0.25, 0.3) is 0 Å². The van der Waals surface area contributed by atoms with Crippen molar-refractivity contribution >= 4 is 23.2 Å². The maximum Gasteiger partial charge on any atom is 0.200 e. The fraction of sp³-hybridized carbons (Fsp3) is 0.500. The van der Waals surface area contributed by atoms with Crippen LogP contribution in [0.1, 0.15) is 19.3 Å². The first kappa shape index (κ1) is 9.84. The van der Waals surface area contributed by atoms with Crippen LogP contribution in [0, 0.1) is 0 Å². The third kappa shape index (κ3) is 1.43. The number of anilines is 1. The van der Waals surface area contributed by atoms with Gasteiger partial charge in [0.1, 0.15) is 6.33 Å².